The third-order valence-corrected chi connectivity index (χ3v) is 4.58. The molecule has 0 aliphatic heterocycles. The van der Waals surface area contributed by atoms with Crippen molar-refractivity contribution in [3.63, 3.8) is 0 Å². The van der Waals surface area contributed by atoms with Crippen molar-refractivity contribution in [1.29, 1.82) is 0 Å². The van der Waals surface area contributed by atoms with E-state index in [1.807, 2.05) is 24.3 Å². The summed E-state index contributed by atoms with van der Waals surface area (Å²) in [4.78, 5) is 20.9. The molecule has 0 saturated carbocycles. The molecule has 0 atom stereocenters. The van der Waals surface area contributed by atoms with Gasteiger partial charge in [0.05, 0.1) is 25.5 Å². The molecule has 2 heterocycles. The first-order valence-electron chi connectivity index (χ1n) is 10.1. The van der Waals surface area contributed by atoms with Gasteiger partial charge in [0, 0.05) is 24.6 Å². The molecular weight excluding hydrogens is 521 g/mol. The number of benzene rings is 1. The Kier molecular flexibility index (Phi) is 9.30. The van der Waals surface area contributed by atoms with E-state index in [4.69, 9.17) is 8.83 Å². The molecule has 0 saturated heterocycles. The third-order valence-electron chi connectivity index (χ3n) is 4.58. The highest BCUT2D eigenvalue weighted by Crippen LogP contribution is 2.22. The highest BCUT2D eigenvalue weighted by Gasteiger charge is 2.19. The molecule has 32 heavy (non-hydrogen) atoms. The zero-order chi connectivity index (χ0) is 22.3. The lowest BCUT2D eigenvalue weighted by molar-refractivity contribution is 0.0948. The maximum absolute atomic E-state index is 12.4. The van der Waals surface area contributed by atoms with Crippen LogP contribution in [0.1, 0.15) is 54.1 Å². The average molecular weight is 551 g/mol. The maximum atomic E-state index is 12.4. The van der Waals surface area contributed by atoms with Crippen molar-refractivity contribution in [2.24, 2.45) is 4.99 Å². The number of rotatable bonds is 7. The molecular formula is C23H30IN5O3. The van der Waals surface area contributed by atoms with Gasteiger partial charge in [0.25, 0.3) is 5.91 Å². The van der Waals surface area contributed by atoms with E-state index in [-0.39, 0.29) is 35.3 Å². The van der Waals surface area contributed by atoms with Gasteiger partial charge < -0.3 is 24.8 Å². The fourth-order valence-corrected chi connectivity index (χ4v) is 2.81. The highest BCUT2D eigenvalue weighted by atomic mass is 127. The summed E-state index contributed by atoms with van der Waals surface area (Å²) >= 11 is 0. The Morgan fingerprint density at radius 1 is 1.06 bits per heavy atom. The SMILES string of the molecule is CN=C(NCc1cccc(C(=O)NCc2ccco2)c1)NCc1ncc(C(C)(C)C)o1.I. The third kappa shape index (κ3) is 7.40. The quantitative estimate of drug-likeness (QED) is 0.233. The highest BCUT2D eigenvalue weighted by molar-refractivity contribution is 14.0. The summed E-state index contributed by atoms with van der Waals surface area (Å²) in [6.07, 6.45) is 3.34. The lowest BCUT2D eigenvalue weighted by Crippen LogP contribution is -2.36. The summed E-state index contributed by atoms with van der Waals surface area (Å²) in [6.45, 7) is 7.52. The van der Waals surface area contributed by atoms with Gasteiger partial charge in [0.1, 0.15) is 11.5 Å². The molecule has 3 N–H and O–H groups in total. The Morgan fingerprint density at radius 2 is 1.84 bits per heavy atom. The van der Waals surface area contributed by atoms with Crippen LogP contribution in [0, 0.1) is 0 Å². The van der Waals surface area contributed by atoms with Crippen LogP contribution in [0.3, 0.4) is 0 Å². The van der Waals surface area contributed by atoms with Gasteiger partial charge in [-0.2, -0.15) is 0 Å². The van der Waals surface area contributed by atoms with Crippen LogP contribution >= 0.6 is 24.0 Å². The first-order chi connectivity index (χ1) is 14.8. The Labute approximate surface area is 205 Å². The van der Waals surface area contributed by atoms with Gasteiger partial charge in [-0.3, -0.25) is 9.79 Å². The molecule has 2 aromatic heterocycles. The summed E-state index contributed by atoms with van der Waals surface area (Å²) in [5.74, 6) is 2.61. The molecule has 1 amide bonds. The fourth-order valence-electron chi connectivity index (χ4n) is 2.81. The topological polar surface area (TPSA) is 105 Å². The number of hydrogen-bond donors (Lipinski definition) is 3. The number of aliphatic imine (C=N–C) groups is 1. The molecule has 0 radical (unpaired) electrons. The Bertz CT molecular complexity index is 1020. The number of guanidine groups is 1. The van der Waals surface area contributed by atoms with Gasteiger partial charge in [-0.1, -0.05) is 32.9 Å². The Hall–Kier alpha value is -2.82. The molecule has 8 nitrogen and oxygen atoms in total. The number of furan rings is 1. The number of hydrogen-bond acceptors (Lipinski definition) is 5. The molecule has 3 aromatic rings. The van der Waals surface area contributed by atoms with E-state index >= 15 is 0 Å². The fraction of sp³-hybridized carbons (Fsp3) is 0.348. The second-order valence-corrected chi connectivity index (χ2v) is 8.11. The van der Waals surface area contributed by atoms with Crippen LogP contribution in [0.2, 0.25) is 0 Å². The molecule has 0 spiro atoms. The van der Waals surface area contributed by atoms with E-state index in [0.717, 1.165) is 11.3 Å². The average Bonchev–Trinajstić information content (AvgIpc) is 3.44. The molecule has 0 unspecified atom stereocenters. The number of carbonyl (C=O) groups excluding carboxylic acids is 1. The first-order valence-corrected chi connectivity index (χ1v) is 10.1. The minimum Gasteiger partial charge on any atom is -0.467 e. The zero-order valence-corrected chi connectivity index (χ0v) is 21.1. The second-order valence-electron chi connectivity index (χ2n) is 8.11. The Balaban J connectivity index is 0.00000363. The summed E-state index contributed by atoms with van der Waals surface area (Å²) in [5, 5.41) is 9.27. The first kappa shape index (κ1) is 25.4. The van der Waals surface area contributed by atoms with Crippen molar-refractivity contribution >= 4 is 35.8 Å². The summed E-state index contributed by atoms with van der Waals surface area (Å²) in [7, 11) is 1.70. The normalized spacial score (nSPS) is 11.6. The number of oxazole rings is 1. The largest absolute Gasteiger partial charge is 0.467 e. The smallest absolute Gasteiger partial charge is 0.251 e. The van der Waals surface area contributed by atoms with E-state index in [0.29, 0.717) is 42.8 Å². The molecule has 0 bridgehead atoms. The molecule has 9 heteroatoms. The lowest BCUT2D eigenvalue weighted by atomic mass is 9.94. The van der Waals surface area contributed by atoms with Gasteiger partial charge in [0.15, 0.2) is 5.96 Å². The summed E-state index contributed by atoms with van der Waals surface area (Å²) in [5.41, 5.74) is 1.46. The van der Waals surface area contributed by atoms with Gasteiger partial charge >= 0.3 is 0 Å². The van der Waals surface area contributed by atoms with Gasteiger partial charge in [0.2, 0.25) is 5.89 Å². The number of amides is 1. The summed E-state index contributed by atoms with van der Waals surface area (Å²) < 4.78 is 11.0. The number of nitrogens with one attached hydrogen (secondary N) is 3. The van der Waals surface area contributed by atoms with Crippen LogP contribution in [0.4, 0.5) is 0 Å². The Morgan fingerprint density at radius 3 is 2.50 bits per heavy atom. The van der Waals surface area contributed by atoms with Crippen LogP contribution in [-0.4, -0.2) is 23.9 Å². The van der Waals surface area contributed by atoms with Crippen LogP contribution in [0.5, 0.6) is 0 Å². The number of nitrogens with zero attached hydrogens (tertiary/aromatic N) is 2. The minimum atomic E-state index is -0.153. The molecule has 0 aliphatic carbocycles. The van der Waals surface area contributed by atoms with Crippen LogP contribution in [-0.2, 0) is 25.0 Å². The van der Waals surface area contributed by atoms with Crippen molar-refractivity contribution in [2.75, 3.05) is 7.05 Å². The lowest BCUT2D eigenvalue weighted by Gasteiger charge is -2.13. The monoisotopic (exact) mass is 551 g/mol. The van der Waals surface area contributed by atoms with Crippen molar-refractivity contribution in [1.82, 2.24) is 20.9 Å². The van der Waals surface area contributed by atoms with E-state index in [1.165, 1.54) is 0 Å². The van der Waals surface area contributed by atoms with E-state index in [2.05, 4.69) is 46.7 Å². The van der Waals surface area contributed by atoms with Gasteiger partial charge in [-0.15, -0.1) is 24.0 Å². The molecule has 3 rings (SSSR count). The molecule has 0 fully saturated rings. The molecule has 1 aromatic carbocycles. The van der Waals surface area contributed by atoms with Crippen LogP contribution in [0.15, 0.2) is 62.7 Å². The van der Waals surface area contributed by atoms with Gasteiger partial charge in [-0.25, -0.2) is 4.98 Å². The number of carbonyl (C=O) groups is 1. The van der Waals surface area contributed by atoms with E-state index in [1.54, 1.807) is 31.6 Å². The van der Waals surface area contributed by atoms with Crippen molar-refractivity contribution in [2.45, 2.75) is 45.8 Å². The predicted octanol–water partition coefficient (Wildman–Crippen LogP) is 3.98. The van der Waals surface area contributed by atoms with Crippen LogP contribution < -0.4 is 16.0 Å². The standard InChI is InChI=1S/C23H29N5O3.HI/c1-23(2,3)19-14-25-20(31-19)15-28-22(24-4)27-12-16-7-5-8-17(11-16)21(29)26-13-18-9-6-10-30-18;/h5-11,14H,12-13,15H2,1-4H3,(H,26,29)(H2,24,27,28);1H. The van der Waals surface area contributed by atoms with Crippen molar-refractivity contribution in [3.8, 4) is 0 Å². The van der Waals surface area contributed by atoms with Crippen LogP contribution in [0.25, 0.3) is 0 Å². The van der Waals surface area contributed by atoms with Crippen molar-refractivity contribution in [3.05, 3.63) is 77.4 Å². The van der Waals surface area contributed by atoms with E-state index < -0.39 is 0 Å². The molecule has 0 aliphatic rings. The van der Waals surface area contributed by atoms with E-state index in [9.17, 15) is 4.79 Å². The predicted molar refractivity (Wildman–Crippen MR) is 134 cm³/mol. The minimum absolute atomic E-state index is 0. The maximum Gasteiger partial charge on any atom is 0.251 e. The number of aromatic nitrogens is 1. The van der Waals surface area contributed by atoms with Gasteiger partial charge in [-0.05, 0) is 29.8 Å². The molecule has 172 valence electrons. The zero-order valence-electron chi connectivity index (χ0n) is 18.8. The van der Waals surface area contributed by atoms with Crippen molar-refractivity contribution < 1.29 is 13.6 Å². The summed E-state index contributed by atoms with van der Waals surface area (Å²) in [6, 6.07) is 11.1. The second kappa shape index (κ2) is 11.7. The number of halogens is 1.